The molecule has 2 aromatic rings. The Hall–Kier alpha value is -3.65. The number of nitrogens with one attached hydrogen (secondary N) is 3. The molecular weight excluding hydrogens is 282 g/mol. The highest BCUT2D eigenvalue weighted by molar-refractivity contribution is 5.85. The predicted molar refractivity (Wildman–Crippen MR) is 58.1 cm³/mol. The van der Waals surface area contributed by atoms with Crippen molar-refractivity contribution in [2.75, 3.05) is 5.43 Å². The third kappa shape index (κ3) is 2.30. The van der Waals surface area contributed by atoms with Gasteiger partial charge in [-0.15, -0.1) is 5.10 Å². The van der Waals surface area contributed by atoms with E-state index >= 15 is 0 Å². The zero-order valence-electron chi connectivity index (χ0n) is 9.13. The minimum absolute atomic E-state index is 0.271. The maximum Gasteiger partial charge on any atom is 0.433 e. The number of anilines is 1. The summed E-state index contributed by atoms with van der Waals surface area (Å²) in [5.74, 6) is -1.21. The molecule has 15 nitrogen and oxygen atoms in total. The fourth-order valence-corrected chi connectivity index (χ4v) is 1.33. The topological polar surface area (TPSA) is 211 Å². The molecule has 20 heavy (non-hydrogen) atoms. The fourth-order valence-electron chi connectivity index (χ4n) is 1.33. The second-order valence-electron chi connectivity index (χ2n) is 3.17. The fraction of sp³-hybridized carbons (Fsp3) is 0. The van der Waals surface area contributed by atoms with E-state index in [-0.39, 0.29) is 11.0 Å². The number of aromatic amines is 2. The first kappa shape index (κ1) is 12.8. The van der Waals surface area contributed by atoms with Crippen LogP contribution in [0.4, 0.5) is 11.8 Å². The van der Waals surface area contributed by atoms with E-state index in [1.807, 2.05) is 5.10 Å². The third-order valence-corrected chi connectivity index (χ3v) is 1.98. The van der Waals surface area contributed by atoms with Gasteiger partial charge in [0.25, 0.3) is 11.3 Å². The number of fused-ring (bicyclic) bond motifs is 1. The van der Waals surface area contributed by atoms with Crippen LogP contribution in [0.25, 0.3) is 11.0 Å². The van der Waals surface area contributed by atoms with Crippen LogP contribution in [0.15, 0.2) is 5.10 Å². The van der Waals surface area contributed by atoms with Gasteiger partial charge >= 0.3 is 5.95 Å². The maximum absolute atomic E-state index is 10.6. The van der Waals surface area contributed by atoms with Crippen LogP contribution < -0.4 is 10.9 Å². The molecule has 0 bridgehead atoms. The third-order valence-electron chi connectivity index (χ3n) is 1.98. The Morgan fingerprint density at radius 1 is 1.20 bits per heavy atom. The zero-order valence-corrected chi connectivity index (χ0v) is 9.13. The minimum Gasteiger partial charge on any atom is -0.390 e. The molecule has 0 aliphatic rings. The Labute approximate surface area is 105 Å². The molecule has 0 radical (unpaired) electrons. The van der Waals surface area contributed by atoms with Crippen LogP contribution in [0.2, 0.25) is 0 Å². The summed E-state index contributed by atoms with van der Waals surface area (Å²) in [7, 11) is 0. The molecule has 2 heterocycles. The molecule has 0 fully saturated rings. The van der Waals surface area contributed by atoms with E-state index < -0.39 is 32.2 Å². The second-order valence-corrected chi connectivity index (χ2v) is 3.17. The molecule has 15 heteroatoms. The first-order chi connectivity index (χ1) is 9.38. The molecule has 104 valence electrons. The summed E-state index contributed by atoms with van der Waals surface area (Å²) >= 11 is 0. The summed E-state index contributed by atoms with van der Waals surface area (Å²) < 4.78 is 0. The Kier molecular flexibility index (Phi) is 2.91. The van der Waals surface area contributed by atoms with Crippen LogP contribution in [0.3, 0.4) is 0 Å². The number of hydrogen-bond donors (Lipinski definition) is 3. The first-order valence-corrected chi connectivity index (χ1v) is 4.61. The summed E-state index contributed by atoms with van der Waals surface area (Å²) in [4.78, 5) is 35.9. The van der Waals surface area contributed by atoms with Crippen molar-refractivity contribution in [1.82, 2.24) is 20.2 Å². The van der Waals surface area contributed by atoms with Gasteiger partial charge in [0.2, 0.25) is 5.52 Å². The molecule has 3 N–H and O–H groups in total. The Bertz CT molecular complexity index is 788. The van der Waals surface area contributed by atoms with E-state index in [9.17, 15) is 30.3 Å². The van der Waals surface area contributed by atoms with Crippen LogP contribution in [-0.4, -0.2) is 35.2 Å². The SMILES string of the molecule is O=[N+]([O-])/N=c1\[nH]nc(N[N+](=O)[O-])c2[nH]c([N+](=O)[O-])nc12. The lowest BCUT2D eigenvalue weighted by Crippen LogP contribution is -2.18. The highest BCUT2D eigenvalue weighted by atomic mass is 16.7. The monoisotopic (exact) mass is 285 g/mol. The Morgan fingerprint density at radius 3 is 2.45 bits per heavy atom. The van der Waals surface area contributed by atoms with Crippen LogP contribution in [0.1, 0.15) is 0 Å². The van der Waals surface area contributed by atoms with Gasteiger partial charge in [0.15, 0.2) is 15.6 Å². The number of nitro groups is 3. The van der Waals surface area contributed by atoms with Gasteiger partial charge in [0, 0.05) is 0 Å². The van der Waals surface area contributed by atoms with E-state index in [1.54, 1.807) is 5.43 Å². The second kappa shape index (κ2) is 4.55. The smallest absolute Gasteiger partial charge is 0.390 e. The van der Waals surface area contributed by atoms with Crippen molar-refractivity contribution >= 4 is 22.8 Å². The summed E-state index contributed by atoms with van der Waals surface area (Å²) in [5.41, 5.74) is 0.547. The van der Waals surface area contributed by atoms with Crippen molar-refractivity contribution in [2.24, 2.45) is 5.10 Å². The Morgan fingerprint density at radius 2 is 1.90 bits per heavy atom. The number of rotatable bonds is 4. The molecule has 0 saturated heterocycles. The molecule has 0 unspecified atom stereocenters. The van der Waals surface area contributed by atoms with E-state index in [0.29, 0.717) is 0 Å². The van der Waals surface area contributed by atoms with Crippen molar-refractivity contribution in [3.05, 3.63) is 35.8 Å². The summed E-state index contributed by atoms with van der Waals surface area (Å²) in [6, 6.07) is 0. The molecule has 0 spiro atoms. The molecule has 0 atom stereocenters. The molecular formula is C5H3N9O6. The van der Waals surface area contributed by atoms with Gasteiger partial charge in [-0.05, 0) is 4.92 Å². The average molecular weight is 285 g/mol. The number of hydrogen-bond acceptors (Lipinski definition) is 8. The number of aromatic nitrogens is 4. The summed E-state index contributed by atoms with van der Waals surface area (Å²) in [6.45, 7) is 0. The Balaban J connectivity index is 2.78. The van der Waals surface area contributed by atoms with Crippen molar-refractivity contribution in [1.29, 1.82) is 0 Å². The molecule has 2 aromatic heterocycles. The molecule has 0 aromatic carbocycles. The lowest BCUT2D eigenvalue weighted by atomic mass is 10.4. The molecule has 2 rings (SSSR count). The average Bonchev–Trinajstić information content (AvgIpc) is 2.76. The van der Waals surface area contributed by atoms with Gasteiger partial charge in [0.05, 0.1) is 5.10 Å². The number of nitrogens with zero attached hydrogens (tertiary/aromatic N) is 6. The van der Waals surface area contributed by atoms with Gasteiger partial charge in [0.1, 0.15) is 0 Å². The van der Waals surface area contributed by atoms with Crippen molar-refractivity contribution < 1.29 is 15.0 Å². The molecule has 0 aliphatic heterocycles. The van der Waals surface area contributed by atoms with Gasteiger partial charge < -0.3 is 10.1 Å². The quantitative estimate of drug-likeness (QED) is 0.458. The number of hydrazine groups is 1. The highest BCUT2D eigenvalue weighted by Crippen LogP contribution is 2.18. The summed E-state index contributed by atoms with van der Waals surface area (Å²) in [6.07, 6.45) is 0. The lowest BCUT2D eigenvalue weighted by Gasteiger charge is -1.94. The van der Waals surface area contributed by atoms with Gasteiger partial charge in [-0.3, -0.25) is 5.10 Å². The van der Waals surface area contributed by atoms with Gasteiger partial charge in [-0.1, -0.05) is 10.4 Å². The van der Waals surface area contributed by atoms with Crippen molar-refractivity contribution in [2.45, 2.75) is 0 Å². The van der Waals surface area contributed by atoms with Crippen molar-refractivity contribution in [3.8, 4) is 0 Å². The van der Waals surface area contributed by atoms with Crippen LogP contribution in [0, 0.1) is 30.3 Å². The van der Waals surface area contributed by atoms with E-state index in [2.05, 4.69) is 20.2 Å². The van der Waals surface area contributed by atoms with E-state index in [1.165, 1.54) is 0 Å². The molecule has 0 amide bonds. The maximum atomic E-state index is 10.6. The largest absolute Gasteiger partial charge is 0.433 e. The highest BCUT2D eigenvalue weighted by Gasteiger charge is 2.23. The number of imidazole rings is 1. The number of H-pyrrole nitrogens is 2. The first-order valence-electron chi connectivity index (χ1n) is 4.61. The molecule has 0 aliphatic carbocycles. The van der Waals surface area contributed by atoms with Crippen LogP contribution in [-0.2, 0) is 0 Å². The van der Waals surface area contributed by atoms with Gasteiger partial charge in [-0.25, -0.2) is 25.2 Å². The summed E-state index contributed by atoms with van der Waals surface area (Å²) in [5, 5.41) is 37.6. The van der Waals surface area contributed by atoms with Crippen LogP contribution in [0.5, 0.6) is 0 Å². The molecule has 0 saturated carbocycles. The lowest BCUT2D eigenvalue weighted by molar-refractivity contribution is -0.490. The normalized spacial score (nSPS) is 11.5. The standard InChI is InChI=1S/C5H3N9O6/c15-12(16)5-6-1-2(7-5)4(11-14(19)20)9-8-3(1)10-13(17)18/h(H,6,7)(H,8,10)(H,9,11). The predicted octanol–water partition coefficient (Wildman–Crippen LogP) is -1.11. The minimum atomic E-state index is -1.08. The zero-order chi connectivity index (χ0) is 14.9. The van der Waals surface area contributed by atoms with E-state index in [4.69, 9.17) is 0 Å². The van der Waals surface area contributed by atoms with Crippen LogP contribution >= 0.6 is 0 Å². The van der Waals surface area contributed by atoms with Crippen molar-refractivity contribution in [3.63, 3.8) is 0 Å². The van der Waals surface area contributed by atoms with Gasteiger partial charge in [-0.2, -0.15) is 0 Å². The van der Waals surface area contributed by atoms with E-state index in [0.717, 1.165) is 0 Å².